The van der Waals surface area contributed by atoms with Crippen molar-refractivity contribution in [2.75, 3.05) is 0 Å². The van der Waals surface area contributed by atoms with Crippen molar-refractivity contribution < 1.29 is 4.42 Å². The van der Waals surface area contributed by atoms with Crippen molar-refractivity contribution in [3.8, 4) is 67.3 Å². The molecule has 9 rings (SSSR count). The molecule has 0 aliphatic carbocycles. The van der Waals surface area contributed by atoms with Gasteiger partial charge in [-0.2, -0.15) is 0 Å². The minimum Gasteiger partial charge on any atom is -0.456 e. The van der Waals surface area contributed by atoms with Crippen molar-refractivity contribution in [2.24, 2.45) is 0 Å². The third-order valence-electron chi connectivity index (χ3n) is 9.00. The lowest BCUT2D eigenvalue weighted by atomic mass is 9.93. The Labute approximate surface area is 284 Å². The summed E-state index contributed by atoms with van der Waals surface area (Å²) in [7, 11) is 0. The Hall–Kier alpha value is -6.65. The molecule has 0 bridgehead atoms. The molecular formula is C45H29N3O. The van der Waals surface area contributed by atoms with Gasteiger partial charge in [0.1, 0.15) is 11.2 Å². The van der Waals surface area contributed by atoms with Crippen LogP contribution in [0.5, 0.6) is 0 Å². The number of nitrogens with zero attached hydrogens (tertiary/aromatic N) is 3. The number of benzene rings is 6. The Kier molecular flexibility index (Phi) is 7.10. The molecule has 4 nitrogen and oxygen atoms in total. The molecule has 3 heterocycles. The molecule has 49 heavy (non-hydrogen) atoms. The Morgan fingerprint density at radius 2 is 0.837 bits per heavy atom. The highest BCUT2D eigenvalue weighted by atomic mass is 16.3. The van der Waals surface area contributed by atoms with E-state index in [1.165, 1.54) is 0 Å². The molecular weight excluding hydrogens is 599 g/mol. The number of pyridine rings is 1. The van der Waals surface area contributed by atoms with Crippen LogP contribution in [0.4, 0.5) is 0 Å². The van der Waals surface area contributed by atoms with Gasteiger partial charge in [-0.25, -0.2) is 9.97 Å². The van der Waals surface area contributed by atoms with E-state index in [-0.39, 0.29) is 0 Å². The quantitative estimate of drug-likeness (QED) is 0.184. The van der Waals surface area contributed by atoms with Gasteiger partial charge in [-0.05, 0) is 88.0 Å². The van der Waals surface area contributed by atoms with Gasteiger partial charge in [0.15, 0.2) is 5.82 Å². The van der Waals surface area contributed by atoms with E-state index in [0.29, 0.717) is 5.82 Å². The molecule has 0 atom stereocenters. The molecule has 0 radical (unpaired) electrons. The summed E-state index contributed by atoms with van der Waals surface area (Å²) in [4.78, 5) is 14.5. The van der Waals surface area contributed by atoms with E-state index in [1.807, 2.05) is 67.0 Å². The van der Waals surface area contributed by atoms with E-state index in [9.17, 15) is 0 Å². The van der Waals surface area contributed by atoms with Crippen LogP contribution in [0.1, 0.15) is 0 Å². The Morgan fingerprint density at radius 3 is 1.55 bits per heavy atom. The molecule has 0 aliphatic rings. The molecule has 0 spiro atoms. The summed E-state index contributed by atoms with van der Waals surface area (Å²) in [6.45, 7) is 0. The van der Waals surface area contributed by atoms with Gasteiger partial charge in [0.2, 0.25) is 0 Å². The van der Waals surface area contributed by atoms with Crippen molar-refractivity contribution in [3.05, 3.63) is 176 Å². The van der Waals surface area contributed by atoms with Crippen LogP contribution in [0.25, 0.3) is 89.2 Å². The van der Waals surface area contributed by atoms with Crippen LogP contribution >= 0.6 is 0 Å². The molecule has 0 unspecified atom stereocenters. The highest BCUT2D eigenvalue weighted by Gasteiger charge is 2.15. The number of furan rings is 1. The minimum atomic E-state index is 0.672. The Balaban J connectivity index is 1.21. The fraction of sp³-hybridized carbons (Fsp3) is 0. The van der Waals surface area contributed by atoms with Gasteiger partial charge < -0.3 is 4.42 Å². The van der Waals surface area contributed by atoms with Crippen molar-refractivity contribution in [3.63, 3.8) is 0 Å². The third-order valence-corrected chi connectivity index (χ3v) is 9.00. The van der Waals surface area contributed by atoms with Crippen LogP contribution < -0.4 is 0 Å². The summed E-state index contributed by atoms with van der Waals surface area (Å²) < 4.78 is 6.26. The number of rotatable bonds is 6. The topological polar surface area (TPSA) is 51.8 Å². The number of aromatic nitrogens is 3. The Bertz CT molecular complexity index is 2580. The monoisotopic (exact) mass is 627 g/mol. The zero-order chi connectivity index (χ0) is 32.6. The second-order valence-electron chi connectivity index (χ2n) is 12.1. The molecule has 4 heteroatoms. The molecule has 6 aromatic carbocycles. The van der Waals surface area contributed by atoms with Gasteiger partial charge in [0.05, 0.1) is 11.4 Å². The smallest absolute Gasteiger partial charge is 0.160 e. The molecule has 0 N–H and O–H groups in total. The average Bonchev–Trinajstić information content (AvgIpc) is 3.57. The molecule has 3 aromatic heterocycles. The SMILES string of the molecule is c1ccc(-c2cc(-c3ccc(-c4ccncc4)cc3)cc(-c3cc(-c4ccc5c(c4)oc4ccccc45)nc(-c4ccccc4)n3)c2)cc1. The van der Waals surface area contributed by atoms with Crippen LogP contribution in [-0.4, -0.2) is 15.0 Å². The van der Waals surface area contributed by atoms with E-state index in [2.05, 4.69) is 114 Å². The zero-order valence-electron chi connectivity index (χ0n) is 26.5. The number of hydrogen-bond acceptors (Lipinski definition) is 4. The van der Waals surface area contributed by atoms with E-state index >= 15 is 0 Å². The van der Waals surface area contributed by atoms with Gasteiger partial charge >= 0.3 is 0 Å². The normalized spacial score (nSPS) is 11.3. The van der Waals surface area contributed by atoms with Crippen LogP contribution in [0.3, 0.4) is 0 Å². The fourth-order valence-corrected chi connectivity index (χ4v) is 6.48. The van der Waals surface area contributed by atoms with Gasteiger partial charge in [0, 0.05) is 39.9 Å². The average molecular weight is 628 g/mol. The first-order chi connectivity index (χ1) is 24.2. The standard InChI is InChI=1S/C45H29N3O/c1-3-9-30(10-4-1)36-25-37(32-17-15-31(16-18-32)33-21-23-46-24-22-33)27-38(26-36)42-29-41(47-45(48-42)34-11-5-2-6-12-34)35-19-20-40-39-13-7-8-14-43(39)49-44(40)28-35/h1-29H. The maximum absolute atomic E-state index is 6.26. The minimum absolute atomic E-state index is 0.672. The van der Waals surface area contributed by atoms with Gasteiger partial charge in [0.25, 0.3) is 0 Å². The van der Waals surface area contributed by atoms with E-state index in [1.54, 1.807) is 0 Å². The van der Waals surface area contributed by atoms with Gasteiger partial charge in [-0.3, -0.25) is 4.98 Å². The molecule has 0 aliphatic heterocycles. The molecule has 0 amide bonds. The first kappa shape index (κ1) is 28.6. The summed E-state index contributed by atoms with van der Waals surface area (Å²) in [6.07, 6.45) is 3.65. The maximum Gasteiger partial charge on any atom is 0.160 e. The first-order valence-electron chi connectivity index (χ1n) is 16.3. The van der Waals surface area contributed by atoms with Gasteiger partial charge in [-0.15, -0.1) is 0 Å². The molecule has 0 saturated carbocycles. The zero-order valence-corrected chi connectivity index (χ0v) is 26.5. The van der Waals surface area contributed by atoms with Crippen molar-refractivity contribution in [1.82, 2.24) is 15.0 Å². The summed E-state index contributed by atoms with van der Waals surface area (Å²) in [5, 5.41) is 2.20. The second kappa shape index (κ2) is 12.2. The van der Waals surface area contributed by atoms with E-state index in [0.717, 1.165) is 83.4 Å². The molecule has 230 valence electrons. The summed E-state index contributed by atoms with van der Waals surface area (Å²) in [5.74, 6) is 0.672. The summed E-state index contributed by atoms with van der Waals surface area (Å²) >= 11 is 0. The highest BCUT2D eigenvalue weighted by molar-refractivity contribution is 6.05. The van der Waals surface area contributed by atoms with Gasteiger partial charge in [-0.1, -0.05) is 109 Å². The lowest BCUT2D eigenvalue weighted by molar-refractivity contribution is 0.669. The number of fused-ring (bicyclic) bond motifs is 3. The lowest BCUT2D eigenvalue weighted by Crippen LogP contribution is -1.96. The largest absolute Gasteiger partial charge is 0.456 e. The van der Waals surface area contributed by atoms with Crippen molar-refractivity contribution in [1.29, 1.82) is 0 Å². The van der Waals surface area contributed by atoms with Crippen LogP contribution in [0, 0.1) is 0 Å². The van der Waals surface area contributed by atoms with Crippen LogP contribution in [0.15, 0.2) is 181 Å². The summed E-state index contributed by atoms with van der Waals surface area (Å²) in [5.41, 5.74) is 13.1. The molecule has 0 saturated heterocycles. The summed E-state index contributed by atoms with van der Waals surface area (Å²) in [6, 6.07) is 56.8. The number of hydrogen-bond donors (Lipinski definition) is 0. The van der Waals surface area contributed by atoms with E-state index in [4.69, 9.17) is 14.4 Å². The molecule has 9 aromatic rings. The first-order valence-corrected chi connectivity index (χ1v) is 16.3. The fourth-order valence-electron chi connectivity index (χ4n) is 6.48. The van der Waals surface area contributed by atoms with Crippen LogP contribution in [0.2, 0.25) is 0 Å². The maximum atomic E-state index is 6.26. The lowest BCUT2D eigenvalue weighted by Gasteiger charge is -2.13. The number of para-hydroxylation sites is 1. The predicted octanol–water partition coefficient (Wildman–Crippen LogP) is 11.8. The second-order valence-corrected chi connectivity index (χ2v) is 12.1. The van der Waals surface area contributed by atoms with Crippen molar-refractivity contribution >= 4 is 21.9 Å². The predicted molar refractivity (Wildman–Crippen MR) is 200 cm³/mol. The van der Waals surface area contributed by atoms with Crippen LogP contribution in [-0.2, 0) is 0 Å². The Morgan fingerprint density at radius 1 is 0.327 bits per heavy atom. The third kappa shape index (κ3) is 5.56. The van der Waals surface area contributed by atoms with Crippen molar-refractivity contribution in [2.45, 2.75) is 0 Å². The molecule has 0 fully saturated rings. The van der Waals surface area contributed by atoms with E-state index < -0.39 is 0 Å². The highest BCUT2D eigenvalue weighted by Crippen LogP contribution is 2.37.